The average Bonchev–Trinajstić information content (AvgIpc) is 3.68. The normalized spacial score (nSPS) is 18.6. The fourth-order valence-electron chi connectivity index (χ4n) is 6.31. The molecule has 1 amide bonds. The Hall–Kier alpha value is -4.44. The number of hydrogen-bond donors (Lipinski definition) is 1. The van der Waals surface area contributed by atoms with Gasteiger partial charge in [-0.3, -0.25) is 19.0 Å². The summed E-state index contributed by atoms with van der Waals surface area (Å²) in [4.78, 5) is 42.4. The zero-order chi connectivity index (χ0) is 29.9. The minimum absolute atomic E-state index is 0.0162. The SMILES string of the molecule is CCCc1c(Cc2ccc(-c3ccccc3)c(C3=NNC(=O)C3)c2)c(=O)n(C2CCC(OCC(C)=O)CC2)c2ncnn12. The van der Waals surface area contributed by atoms with Crippen molar-refractivity contribution in [2.75, 3.05) is 6.61 Å². The molecule has 0 atom stereocenters. The van der Waals surface area contributed by atoms with Crippen molar-refractivity contribution in [1.29, 1.82) is 0 Å². The second kappa shape index (κ2) is 12.4. The molecule has 0 spiro atoms. The van der Waals surface area contributed by atoms with Gasteiger partial charge < -0.3 is 4.74 Å². The number of rotatable bonds is 10. The van der Waals surface area contributed by atoms with Crippen LogP contribution >= 0.6 is 0 Å². The summed E-state index contributed by atoms with van der Waals surface area (Å²) >= 11 is 0. The van der Waals surface area contributed by atoms with Gasteiger partial charge >= 0.3 is 0 Å². The van der Waals surface area contributed by atoms with Crippen molar-refractivity contribution in [3.05, 3.63) is 87.6 Å². The number of hydrogen-bond acceptors (Lipinski definition) is 7. The van der Waals surface area contributed by atoms with Crippen molar-refractivity contribution in [2.45, 2.75) is 77.4 Å². The predicted octanol–water partition coefficient (Wildman–Crippen LogP) is 4.41. The lowest BCUT2D eigenvalue weighted by Gasteiger charge is -2.30. The van der Waals surface area contributed by atoms with Crippen LogP contribution in [-0.4, -0.2) is 49.3 Å². The summed E-state index contributed by atoms with van der Waals surface area (Å²) in [6.45, 7) is 3.75. The lowest BCUT2D eigenvalue weighted by atomic mass is 9.91. The molecule has 43 heavy (non-hydrogen) atoms. The Labute approximate surface area is 249 Å². The van der Waals surface area contributed by atoms with Gasteiger partial charge in [-0.05, 0) is 61.8 Å². The van der Waals surface area contributed by atoms with E-state index in [1.165, 1.54) is 13.3 Å². The van der Waals surface area contributed by atoms with Gasteiger partial charge in [0.05, 0.1) is 23.9 Å². The van der Waals surface area contributed by atoms with Gasteiger partial charge in [0.1, 0.15) is 12.9 Å². The first kappa shape index (κ1) is 28.7. The number of carbonyl (C=O) groups is 2. The third-order valence-corrected chi connectivity index (χ3v) is 8.35. The molecule has 4 aromatic rings. The first-order valence-electron chi connectivity index (χ1n) is 15.0. The molecule has 222 valence electrons. The number of ether oxygens (including phenoxy) is 1. The molecule has 0 unspecified atom stereocenters. The molecule has 2 aliphatic rings. The van der Waals surface area contributed by atoms with E-state index in [2.05, 4.69) is 45.7 Å². The second-order valence-corrected chi connectivity index (χ2v) is 11.5. The number of carbonyl (C=O) groups excluding carboxylic acids is 2. The van der Waals surface area contributed by atoms with Gasteiger partial charge in [-0.25, -0.2) is 9.94 Å². The number of aromatic nitrogens is 4. The molecule has 0 saturated heterocycles. The maximum absolute atomic E-state index is 14.4. The number of ketones is 1. The summed E-state index contributed by atoms with van der Waals surface area (Å²) in [7, 11) is 0. The van der Waals surface area contributed by atoms with Crippen LogP contribution in [0.1, 0.15) is 80.8 Å². The van der Waals surface area contributed by atoms with Crippen LogP contribution in [0, 0.1) is 0 Å². The van der Waals surface area contributed by atoms with E-state index >= 15 is 0 Å². The van der Waals surface area contributed by atoms with Crippen molar-refractivity contribution >= 4 is 23.2 Å². The summed E-state index contributed by atoms with van der Waals surface area (Å²) in [5.41, 5.74) is 8.66. The molecule has 1 aliphatic heterocycles. The smallest absolute Gasteiger partial charge is 0.259 e. The molecule has 1 fully saturated rings. The first-order chi connectivity index (χ1) is 20.9. The lowest BCUT2D eigenvalue weighted by Crippen LogP contribution is -2.35. The van der Waals surface area contributed by atoms with E-state index in [9.17, 15) is 14.4 Å². The number of aryl methyl sites for hydroxylation is 1. The Bertz CT molecular complexity index is 1750. The minimum Gasteiger partial charge on any atom is -0.370 e. The average molecular weight is 581 g/mol. The summed E-state index contributed by atoms with van der Waals surface area (Å²) in [5.74, 6) is 0.448. The van der Waals surface area contributed by atoms with E-state index < -0.39 is 0 Å². The van der Waals surface area contributed by atoms with Crippen LogP contribution in [0.2, 0.25) is 0 Å². The van der Waals surface area contributed by atoms with Gasteiger partial charge in [0.15, 0.2) is 5.78 Å². The van der Waals surface area contributed by atoms with Gasteiger partial charge in [-0.1, -0.05) is 55.8 Å². The minimum atomic E-state index is -0.134. The van der Waals surface area contributed by atoms with Crippen molar-refractivity contribution < 1.29 is 14.3 Å². The number of hydrazone groups is 1. The zero-order valence-electron chi connectivity index (χ0n) is 24.6. The number of nitrogens with zero attached hydrogens (tertiary/aromatic N) is 5. The van der Waals surface area contributed by atoms with Crippen LogP contribution in [0.3, 0.4) is 0 Å². The molecule has 1 saturated carbocycles. The molecule has 2 aromatic heterocycles. The topological polar surface area (TPSA) is 120 Å². The molecule has 1 N–H and O–H groups in total. The largest absolute Gasteiger partial charge is 0.370 e. The van der Waals surface area contributed by atoms with Gasteiger partial charge in [0, 0.05) is 23.6 Å². The predicted molar refractivity (Wildman–Crippen MR) is 163 cm³/mol. The molecular weight excluding hydrogens is 544 g/mol. The maximum Gasteiger partial charge on any atom is 0.259 e. The van der Waals surface area contributed by atoms with Crippen LogP contribution in [-0.2, 0) is 27.2 Å². The molecule has 10 heteroatoms. The highest BCUT2D eigenvalue weighted by atomic mass is 16.5. The molecule has 2 aromatic carbocycles. The van der Waals surface area contributed by atoms with E-state index in [0.29, 0.717) is 29.9 Å². The molecule has 0 radical (unpaired) electrons. The Morgan fingerprint density at radius 2 is 1.84 bits per heavy atom. The van der Waals surface area contributed by atoms with Gasteiger partial charge in [-0.15, -0.1) is 0 Å². The molecule has 0 bridgehead atoms. The number of benzene rings is 2. The van der Waals surface area contributed by atoms with Crippen molar-refractivity contribution in [1.82, 2.24) is 24.6 Å². The van der Waals surface area contributed by atoms with Crippen LogP contribution in [0.25, 0.3) is 16.9 Å². The Morgan fingerprint density at radius 3 is 2.53 bits per heavy atom. The Balaban J connectivity index is 1.39. The number of fused-ring (bicyclic) bond motifs is 1. The second-order valence-electron chi connectivity index (χ2n) is 11.5. The van der Waals surface area contributed by atoms with E-state index in [-0.39, 0.29) is 42.4 Å². The third-order valence-electron chi connectivity index (χ3n) is 8.35. The van der Waals surface area contributed by atoms with Gasteiger partial charge in [0.2, 0.25) is 11.7 Å². The molecular formula is C33H36N6O4. The summed E-state index contributed by atoms with van der Waals surface area (Å²) < 4.78 is 9.44. The molecule has 1 aliphatic carbocycles. The van der Waals surface area contributed by atoms with Crippen LogP contribution in [0.15, 0.2) is 64.8 Å². The summed E-state index contributed by atoms with van der Waals surface area (Å²) in [5, 5.41) is 8.89. The highest BCUT2D eigenvalue weighted by Crippen LogP contribution is 2.32. The fourth-order valence-corrected chi connectivity index (χ4v) is 6.31. The van der Waals surface area contributed by atoms with Crippen molar-refractivity contribution in [3.63, 3.8) is 0 Å². The fraction of sp³-hybridized carbons (Fsp3) is 0.394. The van der Waals surface area contributed by atoms with Crippen molar-refractivity contribution in [3.8, 4) is 11.1 Å². The van der Waals surface area contributed by atoms with Crippen molar-refractivity contribution in [2.24, 2.45) is 5.10 Å². The van der Waals surface area contributed by atoms with Gasteiger partial charge in [0.25, 0.3) is 5.56 Å². The number of amides is 1. The highest BCUT2D eigenvalue weighted by molar-refractivity contribution is 6.16. The summed E-state index contributed by atoms with van der Waals surface area (Å²) in [6, 6.07) is 16.2. The highest BCUT2D eigenvalue weighted by Gasteiger charge is 2.29. The molecule has 6 rings (SSSR count). The number of Topliss-reactive ketones (excluding diaryl/α,β-unsaturated/α-hetero) is 1. The van der Waals surface area contributed by atoms with E-state index in [1.54, 1.807) is 0 Å². The van der Waals surface area contributed by atoms with E-state index in [0.717, 1.165) is 60.1 Å². The van der Waals surface area contributed by atoms with Crippen LogP contribution in [0.5, 0.6) is 0 Å². The zero-order valence-corrected chi connectivity index (χ0v) is 24.6. The first-order valence-corrected chi connectivity index (χ1v) is 15.0. The monoisotopic (exact) mass is 580 g/mol. The standard InChI is InChI=1S/C33H36N6O4/c1-3-7-30-28(17-22-10-15-26(23-8-5-4-6-9-23)27(16-22)29-18-31(41)37-36-29)32(42)38(33-34-20-35-39(30)33)24-11-13-25(14-12-24)43-19-21(2)40/h4-6,8-10,15-16,20,24-25H,3,7,11-14,17-19H2,1-2H3,(H,37,41). The third kappa shape index (κ3) is 5.92. The van der Waals surface area contributed by atoms with Crippen LogP contribution in [0.4, 0.5) is 0 Å². The summed E-state index contributed by atoms with van der Waals surface area (Å²) in [6.07, 6.45) is 6.77. The Morgan fingerprint density at radius 1 is 1.05 bits per heavy atom. The quantitative estimate of drug-likeness (QED) is 0.297. The molecule has 10 nitrogen and oxygen atoms in total. The van der Waals surface area contributed by atoms with E-state index in [4.69, 9.17) is 4.74 Å². The van der Waals surface area contributed by atoms with Crippen LogP contribution < -0.4 is 11.0 Å². The molecule has 3 heterocycles. The Kier molecular flexibility index (Phi) is 8.29. The van der Waals surface area contributed by atoms with E-state index in [1.807, 2.05) is 39.4 Å². The van der Waals surface area contributed by atoms with Gasteiger partial charge in [-0.2, -0.15) is 15.2 Å². The lowest BCUT2D eigenvalue weighted by molar-refractivity contribution is -0.124. The number of nitrogens with one attached hydrogen (secondary N) is 1. The maximum atomic E-state index is 14.4.